The molecule has 2 aliphatic carbocycles. The Balaban J connectivity index is 1.43. The molecule has 6 N–H and O–H groups in total. The van der Waals surface area contributed by atoms with E-state index in [1.807, 2.05) is 6.92 Å². The van der Waals surface area contributed by atoms with Gasteiger partial charge in [-0.05, 0) is 62.9 Å². The molecule has 250 valence electrons. The molecule has 0 saturated heterocycles. The predicted molar refractivity (Wildman–Crippen MR) is 174 cm³/mol. The van der Waals surface area contributed by atoms with Crippen LogP contribution in [0.15, 0.2) is 43.8 Å². The van der Waals surface area contributed by atoms with E-state index in [4.69, 9.17) is 4.74 Å². The maximum atomic E-state index is 13.1. The first-order valence-corrected chi connectivity index (χ1v) is 16.0. The lowest BCUT2D eigenvalue weighted by Gasteiger charge is -2.62. The number of fused-ring (bicyclic) bond motifs is 1. The molecule has 6 unspecified atom stereocenters. The minimum atomic E-state index is -0.811. The second-order valence-electron chi connectivity index (χ2n) is 13.4. The molecule has 46 heavy (non-hydrogen) atoms. The van der Waals surface area contributed by atoms with Crippen LogP contribution in [0.25, 0.3) is 0 Å². The Morgan fingerprint density at radius 3 is 2.26 bits per heavy atom. The molecular formula is C32H46N8O6. The van der Waals surface area contributed by atoms with Crippen LogP contribution in [0, 0.1) is 22.7 Å². The van der Waals surface area contributed by atoms with Crippen LogP contribution in [0.5, 0.6) is 0 Å². The lowest BCUT2D eigenvalue weighted by molar-refractivity contribution is -0.156. The molecule has 2 saturated carbocycles. The third kappa shape index (κ3) is 6.61. The van der Waals surface area contributed by atoms with Gasteiger partial charge in [-0.15, -0.1) is 0 Å². The number of cyclic esters (lactones) is 1. The molecule has 14 nitrogen and oxygen atoms in total. The zero-order valence-corrected chi connectivity index (χ0v) is 27.0. The highest BCUT2D eigenvalue weighted by molar-refractivity contribution is 6.05. The van der Waals surface area contributed by atoms with Crippen molar-refractivity contribution in [3.63, 3.8) is 0 Å². The summed E-state index contributed by atoms with van der Waals surface area (Å²) in [6.45, 7) is 12.9. The Hall–Kier alpha value is -3.59. The Labute approximate surface area is 269 Å². The number of guanidine groups is 2. The van der Waals surface area contributed by atoms with E-state index in [1.165, 1.54) is 0 Å². The second-order valence-corrected chi connectivity index (χ2v) is 13.4. The van der Waals surface area contributed by atoms with Crippen LogP contribution in [-0.4, -0.2) is 109 Å². The zero-order chi connectivity index (χ0) is 33.2. The monoisotopic (exact) mass is 638 g/mol. The van der Waals surface area contributed by atoms with E-state index in [1.54, 1.807) is 32.4 Å². The molecule has 3 aliphatic heterocycles. The van der Waals surface area contributed by atoms with Gasteiger partial charge in [-0.2, -0.15) is 0 Å². The van der Waals surface area contributed by atoms with E-state index in [-0.39, 0.29) is 54.8 Å². The van der Waals surface area contributed by atoms with E-state index < -0.39 is 41.0 Å². The van der Waals surface area contributed by atoms with Gasteiger partial charge < -0.3 is 14.9 Å². The van der Waals surface area contributed by atoms with E-state index >= 15 is 0 Å². The lowest BCUT2D eigenvalue weighted by atomic mass is 9.45. The fraction of sp³-hybridized carbons (Fsp3) is 0.656. The Morgan fingerprint density at radius 1 is 1.09 bits per heavy atom. The third-order valence-corrected chi connectivity index (χ3v) is 10.6. The molecule has 0 aromatic heterocycles. The lowest BCUT2D eigenvalue weighted by Crippen LogP contribution is -2.63. The molecule has 5 rings (SSSR count). The van der Waals surface area contributed by atoms with Crippen LogP contribution in [0.2, 0.25) is 0 Å². The summed E-state index contributed by atoms with van der Waals surface area (Å²) in [7, 11) is 0. The number of aliphatic hydroxyl groups is 2. The van der Waals surface area contributed by atoms with E-state index in [2.05, 4.69) is 54.7 Å². The van der Waals surface area contributed by atoms with Crippen LogP contribution in [-0.2, 0) is 19.1 Å². The van der Waals surface area contributed by atoms with Crippen LogP contribution in [0.4, 0.5) is 0 Å². The number of nitrogens with one attached hydrogen (secondary N) is 4. The number of aliphatic hydroxyl groups excluding tert-OH is 2. The van der Waals surface area contributed by atoms with Crippen molar-refractivity contribution in [3.05, 3.63) is 23.8 Å². The molecule has 3 heterocycles. The smallest absolute Gasteiger partial charge is 0.335 e. The fourth-order valence-corrected chi connectivity index (χ4v) is 7.86. The molecule has 0 radical (unpaired) electrons. The molecule has 0 spiro atoms. The van der Waals surface area contributed by atoms with E-state index in [0.717, 1.165) is 5.57 Å². The van der Waals surface area contributed by atoms with Gasteiger partial charge in [0.2, 0.25) is 23.7 Å². The van der Waals surface area contributed by atoms with Gasteiger partial charge in [-0.1, -0.05) is 26.0 Å². The number of carbonyl (C=O) groups is 3. The summed E-state index contributed by atoms with van der Waals surface area (Å²) in [5.41, 5.74) is 0.0589. The van der Waals surface area contributed by atoms with Crippen molar-refractivity contribution in [2.75, 3.05) is 26.3 Å². The number of aliphatic imine (C=N–C) groups is 4. The van der Waals surface area contributed by atoms with Crippen LogP contribution < -0.4 is 21.3 Å². The summed E-state index contributed by atoms with van der Waals surface area (Å²) in [5, 5.41) is 34.2. The molecular weight excluding hydrogens is 592 g/mol. The molecule has 9 atom stereocenters. The first kappa shape index (κ1) is 33.8. The number of ether oxygens (including phenoxy) is 1. The van der Waals surface area contributed by atoms with Gasteiger partial charge in [0, 0.05) is 29.9 Å². The Morgan fingerprint density at radius 2 is 1.72 bits per heavy atom. The average molecular weight is 639 g/mol. The van der Waals surface area contributed by atoms with Crippen molar-refractivity contribution in [3.8, 4) is 0 Å². The summed E-state index contributed by atoms with van der Waals surface area (Å²) in [5.74, 6) is -0.963. The molecule has 5 aliphatic rings. The minimum absolute atomic E-state index is 0.144. The van der Waals surface area contributed by atoms with Gasteiger partial charge in [0.15, 0.2) is 0 Å². The van der Waals surface area contributed by atoms with Crippen molar-refractivity contribution in [1.29, 1.82) is 0 Å². The Bertz CT molecular complexity index is 1410. The van der Waals surface area contributed by atoms with Crippen molar-refractivity contribution >= 4 is 42.1 Å². The van der Waals surface area contributed by atoms with Gasteiger partial charge in [-0.25, -0.2) is 24.8 Å². The standard InChI is InChI=1S/C32H46N8O6/c1-17-21(14-23(20-7-13-46-28(20)45)38-19(3)27(44)40-30-35-11-12-36-30)31(4)8-6-25(42)32(5,16-41)24(31)15-22(17)37-18(2)26(43)39-29-33-9-10-34-29/h7,9,11,18-19,21-25,37-38,41-42H,1,6,8,10,12-16H2,2-5H3,(H,34,39,43)(H,36,40,44)/t18?,19?,21?,22?,23?,24?,25-,31-,32+/m1/s1. The maximum absolute atomic E-state index is 13.1. The first-order valence-electron chi connectivity index (χ1n) is 16.0. The molecule has 14 heteroatoms. The average Bonchev–Trinajstić information content (AvgIpc) is 3.82. The van der Waals surface area contributed by atoms with Crippen molar-refractivity contribution in [2.24, 2.45) is 42.6 Å². The molecule has 2 amide bonds. The number of rotatable bonds is 10. The summed E-state index contributed by atoms with van der Waals surface area (Å²) < 4.78 is 5.29. The van der Waals surface area contributed by atoms with Crippen molar-refractivity contribution in [2.45, 2.75) is 83.6 Å². The van der Waals surface area contributed by atoms with Crippen LogP contribution in [0.3, 0.4) is 0 Å². The minimum Gasteiger partial charge on any atom is -0.458 e. The highest BCUT2D eigenvalue weighted by Gasteiger charge is 2.60. The summed E-state index contributed by atoms with van der Waals surface area (Å²) in [6, 6.07) is -2.27. The summed E-state index contributed by atoms with van der Waals surface area (Å²) >= 11 is 0. The topological polar surface area (TPSA) is 198 Å². The molecule has 0 aromatic carbocycles. The highest BCUT2D eigenvalue weighted by atomic mass is 16.5. The fourth-order valence-electron chi connectivity index (χ4n) is 7.86. The van der Waals surface area contributed by atoms with E-state index in [0.29, 0.717) is 44.3 Å². The first-order chi connectivity index (χ1) is 21.9. The maximum Gasteiger partial charge on any atom is 0.335 e. The predicted octanol–water partition coefficient (Wildman–Crippen LogP) is 0.0182. The van der Waals surface area contributed by atoms with Crippen LogP contribution in [0.1, 0.15) is 53.4 Å². The number of carbonyl (C=O) groups excluding carboxylic acids is 3. The molecule has 2 fully saturated rings. The van der Waals surface area contributed by atoms with Gasteiger partial charge in [0.05, 0.1) is 43.5 Å². The molecule has 0 aromatic rings. The quantitative estimate of drug-likeness (QED) is 0.142. The summed E-state index contributed by atoms with van der Waals surface area (Å²) in [6.07, 6.45) is 6.35. The van der Waals surface area contributed by atoms with Crippen LogP contribution >= 0.6 is 0 Å². The van der Waals surface area contributed by atoms with Gasteiger partial charge >= 0.3 is 5.97 Å². The van der Waals surface area contributed by atoms with Gasteiger partial charge in [0.1, 0.15) is 6.61 Å². The van der Waals surface area contributed by atoms with Crippen molar-refractivity contribution < 1.29 is 29.3 Å². The zero-order valence-electron chi connectivity index (χ0n) is 27.0. The highest BCUT2D eigenvalue weighted by Crippen LogP contribution is 2.62. The second kappa shape index (κ2) is 13.6. The number of amides is 2. The van der Waals surface area contributed by atoms with Crippen molar-refractivity contribution in [1.82, 2.24) is 21.3 Å². The van der Waals surface area contributed by atoms with Gasteiger partial charge in [0.25, 0.3) is 0 Å². The number of esters is 1. The number of hydrogen-bond acceptors (Lipinski definition) is 12. The Kier molecular flexibility index (Phi) is 10.0. The largest absolute Gasteiger partial charge is 0.458 e. The van der Waals surface area contributed by atoms with Gasteiger partial charge in [-0.3, -0.25) is 30.9 Å². The molecule has 0 bridgehead atoms. The number of nitrogens with zero attached hydrogens (tertiary/aromatic N) is 4. The summed E-state index contributed by atoms with van der Waals surface area (Å²) in [4.78, 5) is 55.5. The van der Waals surface area contributed by atoms with E-state index in [9.17, 15) is 24.6 Å². The normalized spacial score (nSPS) is 33.8. The SMILES string of the molecule is C=C1C(NC(C)C(=O)NC2=NCC=N2)CC2[C@](C)(CC[C@@H](O)[C@@]2(C)CO)C1CC(NC(C)C(=O)NC1=NCC=N1)C1=CCOC1=O. The third-order valence-electron chi connectivity index (χ3n) is 10.6. The number of hydrogen-bond donors (Lipinski definition) is 6.